The Morgan fingerprint density at radius 1 is 0.963 bits per heavy atom. The van der Waals surface area contributed by atoms with Gasteiger partial charge in [-0.25, -0.2) is 0 Å². The molecule has 27 heavy (non-hydrogen) atoms. The lowest BCUT2D eigenvalue weighted by atomic mass is 9.65. The van der Waals surface area contributed by atoms with E-state index in [0.717, 1.165) is 28.8 Å². The highest BCUT2D eigenvalue weighted by molar-refractivity contribution is 5.63. The zero-order valence-electron chi connectivity index (χ0n) is 15.1. The van der Waals surface area contributed by atoms with Gasteiger partial charge < -0.3 is 5.11 Å². The fraction of sp³-hybridized carbons (Fsp3) is 0.250. The molecule has 0 amide bonds. The third-order valence-electron chi connectivity index (χ3n) is 5.76. The molecule has 1 aliphatic carbocycles. The second kappa shape index (κ2) is 7.34. The largest absolute Gasteiger partial charge is 0.391 e. The van der Waals surface area contributed by atoms with Gasteiger partial charge >= 0.3 is 0 Å². The van der Waals surface area contributed by atoms with Gasteiger partial charge in [0.2, 0.25) is 0 Å². The van der Waals surface area contributed by atoms with Gasteiger partial charge in [0.25, 0.3) is 0 Å². The maximum atomic E-state index is 10.9. The first-order chi connectivity index (χ1) is 13.2. The topological polar surface area (TPSA) is 56.9 Å². The molecule has 0 saturated heterocycles. The molecule has 0 bridgehead atoms. The maximum Gasteiger partial charge on any atom is 0.108 e. The van der Waals surface area contributed by atoms with Crippen molar-refractivity contribution in [2.45, 2.75) is 36.7 Å². The molecule has 1 saturated carbocycles. The molecule has 3 nitrogen and oxygen atoms in total. The molecular weight excluding hydrogens is 332 g/mol. The number of pyridine rings is 1. The second-order valence-electron chi connectivity index (χ2n) is 7.27. The second-order valence-corrected chi connectivity index (χ2v) is 7.27. The molecule has 1 aromatic heterocycles. The fourth-order valence-electron chi connectivity index (χ4n) is 4.17. The number of aliphatic hydroxyl groups excluding tert-OH is 1. The number of nitriles is 1. The molecule has 3 atom stereocenters. The third-order valence-corrected chi connectivity index (χ3v) is 5.76. The van der Waals surface area contributed by atoms with Gasteiger partial charge in [-0.05, 0) is 48.1 Å². The molecule has 0 spiro atoms. The standard InChI is InChI=1S/C24H22N2O/c25-17-24(21-9-5-2-6-10-21)13-11-20(16-23(24)27)22-15-19(12-14-26-22)18-7-3-1-4-8-18/h1-10,12,14-15,20,23,27H,11,13,16H2. The first-order valence-electron chi connectivity index (χ1n) is 9.39. The van der Waals surface area contributed by atoms with Crippen LogP contribution < -0.4 is 0 Å². The minimum absolute atomic E-state index is 0.161. The van der Waals surface area contributed by atoms with Crippen molar-refractivity contribution >= 4 is 0 Å². The number of nitrogens with zero attached hydrogens (tertiary/aromatic N) is 2. The number of benzene rings is 2. The lowest BCUT2D eigenvalue weighted by molar-refractivity contribution is 0.0617. The summed E-state index contributed by atoms with van der Waals surface area (Å²) in [7, 11) is 0. The van der Waals surface area contributed by atoms with Crippen LogP contribution in [0.1, 0.15) is 36.4 Å². The highest BCUT2D eigenvalue weighted by atomic mass is 16.3. The van der Waals surface area contributed by atoms with Gasteiger partial charge in [-0.3, -0.25) is 4.98 Å². The van der Waals surface area contributed by atoms with Gasteiger partial charge in [0.1, 0.15) is 5.41 Å². The molecule has 3 heteroatoms. The van der Waals surface area contributed by atoms with Crippen LogP contribution in [0.4, 0.5) is 0 Å². The summed E-state index contributed by atoms with van der Waals surface area (Å²) in [5.41, 5.74) is 3.37. The van der Waals surface area contributed by atoms with Gasteiger partial charge in [0.15, 0.2) is 0 Å². The van der Waals surface area contributed by atoms with Gasteiger partial charge in [-0.2, -0.15) is 5.26 Å². The summed E-state index contributed by atoms with van der Waals surface area (Å²) in [5.74, 6) is 0.161. The van der Waals surface area contributed by atoms with E-state index in [1.54, 1.807) is 0 Å². The Morgan fingerprint density at radius 3 is 2.33 bits per heavy atom. The van der Waals surface area contributed by atoms with Crippen LogP contribution in [0.3, 0.4) is 0 Å². The van der Waals surface area contributed by atoms with Gasteiger partial charge in [-0.15, -0.1) is 0 Å². The van der Waals surface area contributed by atoms with Crippen molar-refractivity contribution in [3.63, 3.8) is 0 Å². The van der Waals surface area contributed by atoms with Crippen LogP contribution in [0.2, 0.25) is 0 Å². The highest BCUT2D eigenvalue weighted by Crippen LogP contribution is 2.44. The Bertz CT molecular complexity index is 949. The summed E-state index contributed by atoms with van der Waals surface area (Å²) in [6.07, 6.45) is 3.16. The van der Waals surface area contributed by atoms with Crippen molar-refractivity contribution in [1.82, 2.24) is 4.98 Å². The maximum absolute atomic E-state index is 10.9. The summed E-state index contributed by atoms with van der Waals surface area (Å²) < 4.78 is 0. The summed E-state index contributed by atoms with van der Waals surface area (Å²) in [4.78, 5) is 4.58. The number of rotatable bonds is 3. The van der Waals surface area contributed by atoms with Crippen LogP contribution in [-0.2, 0) is 5.41 Å². The summed E-state index contributed by atoms with van der Waals surface area (Å²) in [5, 5.41) is 20.8. The number of aromatic nitrogens is 1. The molecule has 4 rings (SSSR count). The molecule has 1 aliphatic rings. The average molecular weight is 354 g/mol. The predicted molar refractivity (Wildman–Crippen MR) is 106 cm³/mol. The number of hydrogen-bond donors (Lipinski definition) is 1. The van der Waals surface area contributed by atoms with Crippen molar-refractivity contribution in [2.75, 3.05) is 0 Å². The van der Waals surface area contributed by atoms with Crippen LogP contribution in [0, 0.1) is 11.3 Å². The van der Waals surface area contributed by atoms with Crippen molar-refractivity contribution < 1.29 is 5.11 Å². The minimum atomic E-state index is -0.825. The molecule has 3 unspecified atom stereocenters. The van der Waals surface area contributed by atoms with E-state index in [4.69, 9.17) is 0 Å². The van der Waals surface area contributed by atoms with Crippen LogP contribution in [0.25, 0.3) is 11.1 Å². The van der Waals surface area contributed by atoms with Gasteiger partial charge in [-0.1, -0.05) is 60.7 Å². The summed E-state index contributed by atoms with van der Waals surface area (Å²) in [6.45, 7) is 0. The Morgan fingerprint density at radius 2 is 1.67 bits per heavy atom. The van der Waals surface area contributed by atoms with E-state index >= 15 is 0 Å². The molecule has 1 N–H and O–H groups in total. The Balaban J connectivity index is 1.60. The smallest absolute Gasteiger partial charge is 0.108 e. The van der Waals surface area contributed by atoms with Crippen molar-refractivity contribution in [2.24, 2.45) is 0 Å². The monoisotopic (exact) mass is 354 g/mol. The Labute approximate surface area is 160 Å². The molecule has 1 fully saturated rings. The SMILES string of the molecule is N#CC1(c2ccccc2)CCC(c2cc(-c3ccccc3)ccn2)CC1O. The van der Waals surface area contributed by atoms with Gasteiger partial charge in [0.05, 0.1) is 12.2 Å². The zero-order chi connectivity index (χ0) is 18.7. The quantitative estimate of drug-likeness (QED) is 0.732. The Kier molecular flexibility index (Phi) is 4.75. The third kappa shape index (κ3) is 3.25. The molecule has 0 aliphatic heterocycles. The molecule has 1 heterocycles. The molecule has 0 radical (unpaired) electrons. The summed E-state index contributed by atoms with van der Waals surface area (Å²) in [6, 6.07) is 26.5. The Hall–Kier alpha value is -2.96. The van der Waals surface area contributed by atoms with E-state index < -0.39 is 11.5 Å². The van der Waals surface area contributed by atoms with E-state index in [2.05, 4.69) is 29.3 Å². The van der Waals surface area contributed by atoms with E-state index in [9.17, 15) is 10.4 Å². The van der Waals surface area contributed by atoms with E-state index in [-0.39, 0.29) is 5.92 Å². The van der Waals surface area contributed by atoms with Gasteiger partial charge in [0, 0.05) is 17.8 Å². The summed E-state index contributed by atoms with van der Waals surface area (Å²) >= 11 is 0. The van der Waals surface area contributed by atoms with Crippen LogP contribution in [0.5, 0.6) is 0 Å². The average Bonchev–Trinajstić information content (AvgIpc) is 2.75. The minimum Gasteiger partial charge on any atom is -0.391 e. The zero-order valence-corrected chi connectivity index (χ0v) is 15.1. The predicted octanol–water partition coefficient (Wildman–Crippen LogP) is 4.84. The first-order valence-corrected chi connectivity index (χ1v) is 9.39. The fourth-order valence-corrected chi connectivity index (χ4v) is 4.17. The first kappa shape index (κ1) is 17.5. The molecule has 134 valence electrons. The number of aliphatic hydroxyl groups is 1. The molecular formula is C24H22N2O. The lowest BCUT2D eigenvalue weighted by Crippen LogP contribution is -2.43. The van der Waals surface area contributed by atoms with E-state index in [1.807, 2.05) is 60.8 Å². The van der Waals surface area contributed by atoms with E-state index in [1.165, 1.54) is 0 Å². The molecule has 2 aromatic carbocycles. The van der Waals surface area contributed by atoms with Crippen LogP contribution in [0.15, 0.2) is 79.0 Å². The number of hydrogen-bond acceptors (Lipinski definition) is 3. The lowest BCUT2D eigenvalue weighted by Gasteiger charge is -2.39. The van der Waals surface area contributed by atoms with E-state index in [0.29, 0.717) is 12.8 Å². The van der Waals surface area contributed by atoms with Crippen molar-refractivity contribution in [3.05, 3.63) is 90.3 Å². The highest BCUT2D eigenvalue weighted by Gasteiger charge is 2.45. The van der Waals surface area contributed by atoms with Crippen molar-refractivity contribution in [3.8, 4) is 17.2 Å². The normalized spacial score (nSPS) is 24.9. The van der Waals surface area contributed by atoms with Crippen LogP contribution >= 0.6 is 0 Å². The van der Waals surface area contributed by atoms with Crippen molar-refractivity contribution in [1.29, 1.82) is 5.26 Å². The van der Waals surface area contributed by atoms with Crippen LogP contribution in [-0.4, -0.2) is 16.2 Å². The molecule has 3 aromatic rings.